The number of allylic oxidation sites excluding steroid dienone is 4. The van der Waals surface area contributed by atoms with Gasteiger partial charge in [-0.1, -0.05) is 53.6 Å². The first-order chi connectivity index (χ1) is 12.5. The quantitative estimate of drug-likeness (QED) is 0.677. The highest BCUT2D eigenvalue weighted by Gasteiger charge is 2.32. The van der Waals surface area contributed by atoms with E-state index in [0.29, 0.717) is 6.42 Å². The highest BCUT2D eigenvalue weighted by molar-refractivity contribution is 5.80. The lowest BCUT2D eigenvalue weighted by Crippen LogP contribution is -2.36. The van der Waals surface area contributed by atoms with E-state index < -0.39 is 5.97 Å². The zero-order valence-electron chi connectivity index (χ0n) is 15.7. The van der Waals surface area contributed by atoms with Crippen LogP contribution in [0.2, 0.25) is 0 Å². The molecule has 0 radical (unpaired) electrons. The Labute approximate surface area is 156 Å². The minimum atomic E-state index is -0.894. The molecular formula is C22H29NO3. The van der Waals surface area contributed by atoms with E-state index in [1.807, 2.05) is 18.2 Å². The van der Waals surface area contributed by atoms with E-state index in [4.69, 9.17) is 5.11 Å². The van der Waals surface area contributed by atoms with Crippen molar-refractivity contribution in [1.29, 1.82) is 0 Å². The second kappa shape index (κ2) is 9.95. The Morgan fingerprint density at radius 1 is 1.23 bits per heavy atom. The van der Waals surface area contributed by atoms with Crippen molar-refractivity contribution in [3.05, 3.63) is 59.2 Å². The predicted octanol–water partition coefficient (Wildman–Crippen LogP) is 4.44. The Hall–Kier alpha value is -2.36. The smallest absolute Gasteiger partial charge is 0.305 e. The summed E-state index contributed by atoms with van der Waals surface area (Å²) in [6.07, 6.45) is 8.08. The molecule has 0 fully saturated rings. The maximum atomic E-state index is 12.6. The summed E-state index contributed by atoms with van der Waals surface area (Å²) in [5.74, 6) is -0.930. The Kier molecular flexibility index (Phi) is 7.64. The topological polar surface area (TPSA) is 66.4 Å². The molecule has 4 nitrogen and oxygen atoms in total. The molecular weight excluding hydrogens is 326 g/mol. The highest BCUT2D eigenvalue weighted by atomic mass is 16.4. The summed E-state index contributed by atoms with van der Waals surface area (Å²) >= 11 is 0. The molecule has 2 rings (SSSR count). The van der Waals surface area contributed by atoms with Crippen LogP contribution in [0, 0.1) is 5.92 Å². The van der Waals surface area contributed by atoms with Gasteiger partial charge < -0.3 is 10.4 Å². The summed E-state index contributed by atoms with van der Waals surface area (Å²) in [5.41, 5.74) is 3.92. The number of carbonyl (C=O) groups is 2. The molecule has 1 aliphatic rings. The predicted molar refractivity (Wildman–Crippen MR) is 104 cm³/mol. The summed E-state index contributed by atoms with van der Waals surface area (Å²) in [4.78, 5) is 23.3. The third-order valence-electron chi connectivity index (χ3n) is 4.85. The molecule has 1 aromatic carbocycles. The van der Waals surface area contributed by atoms with Gasteiger partial charge in [0.25, 0.3) is 0 Å². The number of carboxylic acids is 1. The number of hydrogen-bond donors (Lipinski definition) is 2. The van der Waals surface area contributed by atoms with E-state index in [9.17, 15) is 9.59 Å². The van der Waals surface area contributed by atoms with Crippen molar-refractivity contribution in [2.24, 2.45) is 5.92 Å². The molecule has 140 valence electrons. The van der Waals surface area contributed by atoms with Crippen molar-refractivity contribution >= 4 is 11.9 Å². The number of nitrogens with one attached hydrogen (secondary N) is 1. The molecule has 2 atom stereocenters. The minimum Gasteiger partial charge on any atom is -0.481 e. The van der Waals surface area contributed by atoms with Crippen LogP contribution in [0.3, 0.4) is 0 Å². The lowest BCUT2D eigenvalue weighted by molar-refractivity contribution is -0.137. The second-order valence-corrected chi connectivity index (χ2v) is 7.18. The first kappa shape index (κ1) is 20.0. The molecule has 0 heterocycles. The zero-order chi connectivity index (χ0) is 18.9. The summed E-state index contributed by atoms with van der Waals surface area (Å²) in [5, 5.41) is 11.6. The molecule has 1 aromatic rings. The van der Waals surface area contributed by atoms with E-state index in [1.54, 1.807) is 0 Å². The van der Waals surface area contributed by atoms with Gasteiger partial charge in [-0.3, -0.25) is 9.59 Å². The van der Waals surface area contributed by atoms with Crippen molar-refractivity contribution in [3.8, 4) is 0 Å². The third-order valence-corrected chi connectivity index (χ3v) is 4.85. The van der Waals surface area contributed by atoms with Gasteiger partial charge in [-0.05, 0) is 51.0 Å². The highest BCUT2D eigenvalue weighted by Crippen LogP contribution is 2.39. The Balaban J connectivity index is 2.09. The van der Waals surface area contributed by atoms with Gasteiger partial charge in [-0.2, -0.15) is 0 Å². The number of aliphatic carboxylic acids is 1. The van der Waals surface area contributed by atoms with Gasteiger partial charge >= 0.3 is 5.97 Å². The van der Waals surface area contributed by atoms with Gasteiger partial charge in [0.1, 0.15) is 0 Å². The summed E-state index contributed by atoms with van der Waals surface area (Å²) in [6.45, 7) is 4.41. The van der Waals surface area contributed by atoms with Gasteiger partial charge in [-0.15, -0.1) is 0 Å². The molecule has 0 bridgehead atoms. The lowest BCUT2D eigenvalue weighted by atomic mass is 9.74. The number of carboxylic acid groups (broad SMARTS) is 1. The SMILES string of the molecule is CC(C)=CCCC1=CC[C@H](C(=O)NCCC(=O)O)[C@@H](c2ccccc2)C1. The van der Waals surface area contributed by atoms with E-state index >= 15 is 0 Å². The summed E-state index contributed by atoms with van der Waals surface area (Å²) in [7, 11) is 0. The lowest BCUT2D eigenvalue weighted by Gasteiger charge is -2.31. The normalized spacial score (nSPS) is 19.4. The maximum Gasteiger partial charge on any atom is 0.305 e. The van der Waals surface area contributed by atoms with Crippen LogP contribution in [0.15, 0.2) is 53.6 Å². The standard InChI is InChI=1S/C22H29NO3/c1-16(2)7-6-8-17-11-12-19(22(26)23-14-13-21(24)25)20(15-17)18-9-4-3-5-10-18/h3-5,7,9-11,19-20H,6,8,12-15H2,1-2H3,(H,23,26)(H,24,25)/t19-,20+/m0/s1. The third kappa shape index (κ3) is 6.17. The number of amides is 1. The Morgan fingerprint density at radius 3 is 2.62 bits per heavy atom. The Bertz CT molecular complexity index is 672. The molecule has 0 aromatic heterocycles. The van der Waals surface area contributed by atoms with Crippen LogP contribution >= 0.6 is 0 Å². The van der Waals surface area contributed by atoms with E-state index in [-0.39, 0.29) is 30.7 Å². The minimum absolute atomic E-state index is 0.0419. The number of carbonyl (C=O) groups excluding carboxylic acids is 1. The average molecular weight is 355 g/mol. The van der Waals surface area contributed by atoms with Crippen molar-refractivity contribution in [2.75, 3.05) is 6.54 Å². The van der Waals surface area contributed by atoms with Crippen molar-refractivity contribution in [1.82, 2.24) is 5.32 Å². The molecule has 4 heteroatoms. The van der Waals surface area contributed by atoms with Gasteiger partial charge in [0, 0.05) is 12.5 Å². The van der Waals surface area contributed by atoms with Crippen molar-refractivity contribution in [2.45, 2.75) is 51.9 Å². The van der Waals surface area contributed by atoms with E-state index in [0.717, 1.165) is 19.3 Å². The van der Waals surface area contributed by atoms with Crippen molar-refractivity contribution < 1.29 is 14.7 Å². The molecule has 26 heavy (non-hydrogen) atoms. The first-order valence-electron chi connectivity index (χ1n) is 9.33. The van der Waals surface area contributed by atoms with Gasteiger partial charge in [-0.25, -0.2) is 0 Å². The fourth-order valence-electron chi connectivity index (χ4n) is 3.48. The maximum absolute atomic E-state index is 12.6. The molecule has 0 saturated carbocycles. The summed E-state index contributed by atoms with van der Waals surface area (Å²) < 4.78 is 0. The van der Waals surface area contributed by atoms with Crippen molar-refractivity contribution in [3.63, 3.8) is 0 Å². The molecule has 0 aliphatic heterocycles. The summed E-state index contributed by atoms with van der Waals surface area (Å²) in [6, 6.07) is 10.2. The van der Waals surface area contributed by atoms with E-state index in [1.165, 1.54) is 16.7 Å². The van der Waals surface area contributed by atoms with Crippen LogP contribution in [-0.4, -0.2) is 23.5 Å². The molecule has 0 unspecified atom stereocenters. The first-order valence-corrected chi connectivity index (χ1v) is 9.33. The average Bonchev–Trinajstić information content (AvgIpc) is 2.61. The van der Waals surface area contributed by atoms with Gasteiger partial charge in [0.2, 0.25) is 5.91 Å². The zero-order valence-corrected chi connectivity index (χ0v) is 15.7. The van der Waals surface area contributed by atoms with Crippen LogP contribution in [0.25, 0.3) is 0 Å². The van der Waals surface area contributed by atoms with Crippen LogP contribution < -0.4 is 5.32 Å². The Morgan fingerprint density at radius 2 is 1.96 bits per heavy atom. The second-order valence-electron chi connectivity index (χ2n) is 7.18. The van der Waals surface area contributed by atoms with Crippen LogP contribution in [-0.2, 0) is 9.59 Å². The number of hydrogen-bond acceptors (Lipinski definition) is 2. The molecule has 1 amide bonds. The number of benzene rings is 1. The van der Waals surface area contributed by atoms with Gasteiger partial charge in [0.15, 0.2) is 0 Å². The fraction of sp³-hybridized carbons (Fsp3) is 0.455. The number of rotatable bonds is 8. The van der Waals surface area contributed by atoms with E-state index in [2.05, 4.69) is 43.4 Å². The van der Waals surface area contributed by atoms with Crippen LogP contribution in [0.4, 0.5) is 0 Å². The largest absolute Gasteiger partial charge is 0.481 e. The molecule has 1 aliphatic carbocycles. The van der Waals surface area contributed by atoms with Gasteiger partial charge in [0.05, 0.1) is 6.42 Å². The van der Waals surface area contributed by atoms with Crippen LogP contribution in [0.5, 0.6) is 0 Å². The van der Waals surface area contributed by atoms with Crippen LogP contribution in [0.1, 0.15) is 57.4 Å². The molecule has 0 spiro atoms. The monoisotopic (exact) mass is 355 g/mol. The molecule has 0 saturated heterocycles. The fourth-order valence-corrected chi connectivity index (χ4v) is 3.48. The molecule has 2 N–H and O–H groups in total.